The highest BCUT2D eigenvalue weighted by molar-refractivity contribution is 5.78. The van der Waals surface area contributed by atoms with Crippen LogP contribution in [-0.4, -0.2) is 53.9 Å². The topological polar surface area (TPSA) is 52.6 Å². The average Bonchev–Trinajstić information content (AvgIpc) is 3.18. The van der Waals surface area contributed by atoms with E-state index in [1.54, 1.807) is 4.90 Å². The van der Waals surface area contributed by atoms with Gasteiger partial charge in [-0.3, -0.25) is 4.79 Å². The zero-order chi connectivity index (χ0) is 14.0. The molecular weight excluding hydrogens is 261 g/mol. The molecule has 1 amide bonds. The van der Waals surface area contributed by atoms with Gasteiger partial charge < -0.3 is 15.3 Å². The van der Waals surface area contributed by atoms with E-state index in [1.807, 2.05) is 0 Å². The van der Waals surface area contributed by atoms with E-state index in [9.17, 15) is 23.1 Å². The molecule has 2 rings (SSSR count). The number of likely N-dealkylation sites (tertiary alicyclic amines) is 1. The summed E-state index contributed by atoms with van der Waals surface area (Å²) in [5.41, 5.74) is 0. The number of nitrogens with one attached hydrogen (secondary N) is 1. The predicted molar refractivity (Wildman–Crippen MR) is 62.4 cm³/mol. The van der Waals surface area contributed by atoms with Gasteiger partial charge in [-0.1, -0.05) is 0 Å². The van der Waals surface area contributed by atoms with Gasteiger partial charge in [0.05, 0.1) is 6.54 Å². The molecule has 7 heteroatoms. The third-order valence-corrected chi connectivity index (χ3v) is 3.79. The second-order valence-electron chi connectivity index (χ2n) is 5.36. The van der Waals surface area contributed by atoms with Crippen molar-refractivity contribution in [1.82, 2.24) is 10.2 Å². The largest absolute Gasteiger partial charge is 0.414 e. The van der Waals surface area contributed by atoms with Gasteiger partial charge in [0.1, 0.15) is 0 Å². The minimum atomic E-state index is -4.57. The van der Waals surface area contributed by atoms with E-state index in [0.717, 1.165) is 12.8 Å². The van der Waals surface area contributed by atoms with Crippen LogP contribution in [0.2, 0.25) is 0 Å². The summed E-state index contributed by atoms with van der Waals surface area (Å²) in [7, 11) is 0. The molecule has 1 saturated heterocycles. The van der Waals surface area contributed by atoms with E-state index in [2.05, 4.69) is 5.32 Å². The monoisotopic (exact) mass is 280 g/mol. The Morgan fingerprint density at radius 2 is 1.84 bits per heavy atom. The van der Waals surface area contributed by atoms with E-state index in [-0.39, 0.29) is 25.3 Å². The molecular formula is C12H19F3N2O2. The second-order valence-corrected chi connectivity index (χ2v) is 5.36. The van der Waals surface area contributed by atoms with Gasteiger partial charge >= 0.3 is 6.18 Å². The molecule has 110 valence electrons. The van der Waals surface area contributed by atoms with Gasteiger partial charge in [0, 0.05) is 19.1 Å². The molecule has 1 unspecified atom stereocenters. The maximum Gasteiger partial charge on any atom is 0.414 e. The fraction of sp³-hybridized carbons (Fsp3) is 0.917. The first kappa shape index (κ1) is 14.6. The quantitative estimate of drug-likeness (QED) is 0.804. The SMILES string of the molecule is O=C(CNC1CC1)N1CCC(C(O)C(F)(F)F)CC1. The summed E-state index contributed by atoms with van der Waals surface area (Å²) in [5, 5.41) is 12.3. The minimum Gasteiger partial charge on any atom is -0.383 e. The Morgan fingerprint density at radius 3 is 2.32 bits per heavy atom. The lowest BCUT2D eigenvalue weighted by Crippen LogP contribution is -2.47. The van der Waals surface area contributed by atoms with E-state index >= 15 is 0 Å². The van der Waals surface area contributed by atoms with Gasteiger partial charge in [0.25, 0.3) is 0 Å². The van der Waals surface area contributed by atoms with Crippen LogP contribution < -0.4 is 5.32 Å². The van der Waals surface area contributed by atoms with E-state index in [4.69, 9.17) is 0 Å². The molecule has 1 saturated carbocycles. The zero-order valence-corrected chi connectivity index (χ0v) is 10.6. The molecule has 0 aromatic rings. The van der Waals surface area contributed by atoms with Gasteiger partial charge in [-0.15, -0.1) is 0 Å². The number of halogens is 3. The predicted octanol–water partition coefficient (Wildman–Crippen LogP) is 0.900. The molecule has 1 aliphatic carbocycles. The highest BCUT2D eigenvalue weighted by Crippen LogP contribution is 2.31. The fourth-order valence-electron chi connectivity index (χ4n) is 2.36. The smallest absolute Gasteiger partial charge is 0.383 e. The highest BCUT2D eigenvalue weighted by atomic mass is 19.4. The number of rotatable bonds is 4. The van der Waals surface area contributed by atoms with Crippen LogP contribution in [0.1, 0.15) is 25.7 Å². The second kappa shape index (κ2) is 5.66. The van der Waals surface area contributed by atoms with Crippen LogP contribution in [0.25, 0.3) is 0 Å². The summed E-state index contributed by atoms with van der Waals surface area (Å²) in [6.45, 7) is 0.850. The van der Waals surface area contributed by atoms with Crippen LogP contribution in [0.3, 0.4) is 0 Å². The van der Waals surface area contributed by atoms with Gasteiger partial charge in [0.2, 0.25) is 5.91 Å². The van der Waals surface area contributed by atoms with Crippen molar-refractivity contribution in [3.05, 3.63) is 0 Å². The standard InChI is InChI=1S/C12H19F3N2O2/c13-12(14,15)11(19)8-3-5-17(6-4-8)10(18)7-16-9-1-2-9/h8-9,11,16,19H,1-7H2. The summed E-state index contributed by atoms with van der Waals surface area (Å²) < 4.78 is 37.1. The lowest BCUT2D eigenvalue weighted by atomic mass is 9.91. The van der Waals surface area contributed by atoms with Crippen molar-refractivity contribution in [2.75, 3.05) is 19.6 Å². The molecule has 4 nitrogen and oxygen atoms in total. The average molecular weight is 280 g/mol. The summed E-state index contributed by atoms with van der Waals surface area (Å²) in [6, 6.07) is 0.438. The highest BCUT2D eigenvalue weighted by Gasteiger charge is 2.44. The molecule has 19 heavy (non-hydrogen) atoms. The number of amides is 1. The molecule has 2 fully saturated rings. The maximum absolute atomic E-state index is 12.4. The third-order valence-electron chi connectivity index (χ3n) is 3.79. The van der Waals surface area contributed by atoms with Crippen LogP contribution in [0.4, 0.5) is 13.2 Å². The van der Waals surface area contributed by atoms with E-state index in [0.29, 0.717) is 19.1 Å². The Hall–Kier alpha value is -0.820. The Morgan fingerprint density at radius 1 is 1.26 bits per heavy atom. The summed E-state index contributed by atoms with van der Waals surface area (Å²) in [4.78, 5) is 13.4. The summed E-state index contributed by atoms with van der Waals surface area (Å²) >= 11 is 0. The summed E-state index contributed by atoms with van der Waals surface area (Å²) in [6.07, 6.45) is -4.24. The molecule has 0 bridgehead atoms. The van der Waals surface area contributed by atoms with Crippen LogP contribution in [0.15, 0.2) is 0 Å². The number of piperidine rings is 1. The molecule has 2 N–H and O–H groups in total. The number of carbonyl (C=O) groups is 1. The Labute approximate surface area is 110 Å². The normalized spacial score (nSPS) is 23.5. The van der Waals surface area contributed by atoms with Crippen LogP contribution in [-0.2, 0) is 4.79 Å². The maximum atomic E-state index is 12.4. The first-order chi connectivity index (χ1) is 8.88. The Balaban J connectivity index is 1.73. The number of hydrogen-bond acceptors (Lipinski definition) is 3. The molecule has 0 radical (unpaired) electrons. The molecule has 0 aromatic heterocycles. The number of alkyl halides is 3. The van der Waals surface area contributed by atoms with Gasteiger partial charge in [0.15, 0.2) is 6.10 Å². The van der Waals surface area contributed by atoms with Crippen molar-refractivity contribution in [1.29, 1.82) is 0 Å². The van der Waals surface area contributed by atoms with E-state index in [1.165, 1.54) is 0 Å². The van der Waals surface area contributed by atoms with Crippen LogP contribution in [0.5, 0.6) is 0 Å². The van der Waals surface area contributed by atoms with Crippen molar-refractivity contribution in [3.8, 4) is 0 Å². The van der Waals surface area contributed by atoms with E-state index < -0.39 is 18.2 Å². The fourth-order valence-corrected chi connectivity index (χ4v) is 2.36. The lowest BCUT2D eigenvalue weighted by Gasteiger charge is -2.34. The third kappa shape index (κ3) is 4.07. The van der Waals surface area contributed by atoms with Crippen molar-refractivity contribution in [2.45, 2.75) is 44.0 Å². The minimum absolute atomic E-state index is 0.0631. The number of aliphatic hydroxyl groups excluding tert-OH is 1. The summed E-state index contributed by atoms with van der Waals surface area (Å²) in [5.74, 6) is -0.854. The van der Waals surface area contributed by atoms with Crippen molar-refractivity contribution in [2.24, 2.45) is 5.92 Å². The first-order valence-electron chi connectivity index (χ1n) is 6.64. The van der Waals surface area contributed by atoms with Gasteiger partial charge in [-0.2, -0.15) is 13.2 Å². The molecule has 1 heterocycles. The van der Waals surface area contributed by atoms with Crippen molar-refractivity contribution in [3.63, 3.8) is 0 Å². The molecule has 0 spiro atoms. The lowest BCUT2D eigenvalue weighted by molar-refractivity contribution is -0.222. The molecule has 1 aliphatic heterocycles. The van der Waals surface area contributed by atoms with Gasteiger partial charge in [-0.25, -0.2) is 0 Å². The van der Waals surface area contributed by atoms with Crippen molar-refractivity contribution < 1.29 is 23.1 Å². The zero-order valence-electron chi connectivity index (χ0n) is 10.6. The number of carbonyl (C=O) groups excluding carboxylic acids is 1. The number of hydrogen-bond donors (Lipinski definition) is 2. The van der Waals surface area contributed by atoms with Crippen molar-refractivity contribution >= 4 is 5.91 Å². The van der Waals surface area contributed by atoms with Crippen LogP contribution in [0, 0.1) is 5.92 Å². The molecule has 1 atom stereocenters. The Bertz CT molecular complexity index is 323. The molecule has 2 aliphatic rings. The number of nitrogens with zero attached hydrogens (tertiary/aromatic N) is 1. The van der Waals surface area contributed by atoms with Gasteiger partial charge in [-0.05, 0) is 31.6 Å². The first-order valence-corrected chi connectivity index (χ1v) is 6.64. The Kier molecular flexibility index (Phi) is 4.35. The number of aliphatic hydroxyl groups is 1. The molecule has 0 aromatic carbocycles. The van der Waals surface area contributed by atoms with Crippen LogP contribution >= 0.6 is 0 Å².